The van der Waals surface area contributed by atoms with Gasteiger partial charge < -0.3 is 9.64 Å². The van der Waals surface area contributed by atoms with Crippen LogP contribution in [0.3, 0.4) is 0 Å². The molecule has 0 amide bonds. The van der Waals surface area contributed by atoms with Crippen molar-refractivity contribution in [2.45, 2.75) is 5.41 Å². The molecule has 0 radical (unpaired) electrons. The van der Waals surface area contributed by atoms with Gasteiger partial charge >= 0.3 is 0 Å². The molecule has 2 heteroatoms. The lowest BCUT2D eigenvalue weighted by molar-refractivity contribution is 0.487. The first kappa shape index (κ1) is 38.7. The van der Waals surface area contributed by atoms with Crippen LogP contribution in [0.15, 0.2) is 261 Å². The molecule has 1 aliphatic carbocycles. The van der Waals surface area contributed by atoms with Crippen molar-refractivity contribution in [1.29, 1.82) is 0 Å². The highest BCUT2D eigenvalue weighted by Gasteiger charge is 2.46. The molecule has 0 unspecified atom stereocenters. The van der Waals surface area contributed by atoms with Gasteiger partial charge in [0.25, 0.3) is 0 Å². The maximum Gasteiger partial charge on any atom is 0.135 e. The minimum atomic E-state index is -0.540. The first-order valence-electron chi connectivity index (χ1n) is 23.1. The van der Waals surface area contributed by atoms with Crippen molar-refractivity contribution in [1.82, 2.24) is 0 Å². The Morgan fingerprint density at radius 1 is 0.299 bits per heavy atom. The molecule has 11 aromatic carbocycles. The minimum Gasteiger partial charge on any atom is -0.456 e. The number of para-hydroxylation sites is 1. The minimum absolute atomic E-state index is 0.540. The van der Waals surface area contributed by atoms with E-state index in [2.05, 4.69) is 266 Å². The fourth-order valence-electron chi connectivity index (χ4n) is 10.9. The smallest absolute Gasteiger partial charge is 0.135 e. The summed E-state index contributed by atoms with van der Waals surface area (Å²) in [4.78, 5) is 2.45. The number of hydrogen-bond donors (Lipinski definition) is 0. The van der Waals surface area contributed by atoms with E-state index < -0.39 is 5.41 Å². The summed E-state index contributed by atoms with van der Waals surface area (Å²) >= 11 is 0. The van der Waals surface area contributed by atoms with Crippen molar-refractivity contribution in [3.63, 3.8) is 0 Å². The molecule has 0 aromatic heterocycles. The van der Waals surface area contributed by atoms with E-state index in [0.29, 0.717) is 0 Å². The van der Waals surface area contributed by atoms with Crippen LogP contribution in [0.1, 0.15) is 22.3 Å². The Labute approximate surface area is 391 Å². The zero-order valence-corrected chi connectivity index (χ0v) is 36.7. The average molecular weight is 854 g/mol. The third kappa shape index (κ3) is 6.26. The van der Waals surface area contributed by atoms with Crippen LogP contribution in [-0.2, 0) is 5.41 Å². The van der Waals surface area contributed by atoms with Gasteiger partial charge in [0.05, 0.1) is 11.1 Å². The lowest BCUT2D eigenvalue weighted by Gasteiger charge is -2.35. The van der Waals surface area contributed by atoms with Gasteiger partial charge in [-0.05, 0) is 121 Å². The number of rotatable bonds is 8. The lowest BCUT2D eigenvalue weighted by Crippen LogP contribution is -2.28. The summed E-state index contributed by atoms with van der Waals surface area (Å²) in [5.41, 5.74) is 19.5. The van der Waals surface area contributed by atoms with Gasteiger partial charge in [-0.3, -0.25) is 0 Å². The molecule has 1 heterocycles. The molecule has 0 bridgehead atoms. The van der Waals surface area contributed by atoms with Crippen molar-refractivity contribution in [2.24, 2.45) is 0 Å². The highest BCUT2D eigenvalue weighted by molar-refractivity contribution is 6.05. The number of benzene rings is 11. The predicted molar refractivity (Wildman–Crippen MR) is 278 cm³/mol. The van der Waals surface area contributed by atoms with Crippen LogP contribution >= 0.6 is 0 Å². The van der Waals surface area contributed by atoms with Crippen molar-refractivity contribution in [3.8, 4) is 67.1 Å². The van der Waals surface area contributed by atoms with Gasteiger partial charge in [-0.15, -0.1) is 0 Å². The first-order valence-corrected chi connectivity index (χ1v) is 23.1. The van der Waals surface area contributed by atoms with Crippen molar-refractivity contribution >= 4 is 27.8 Å². The molecule has 13 rings (SSSR count). The fraction of sp³-hybridized carbons (Fsp3) is 0.0154. The number of anilines is 3. The van der Waals surface area contributed by atoms with Gasteiger partial charge in [0.15, 0.2) is 0 Å². The van der Waals surface area contributed by atoms with Gasteiger partial charge in [0, 0.05) is 27.9 Å². The summed E-state index contributed by atoms with van der Waals surface area (Å²) in [6.45, 7) is 0. The highest BCUT2D eigenvalue weighted by Crippen LogP contribution is 2.58. The molecule has 1 aliphatic heterocycles. The molecule has 67 heavy (non-hydrogen) atoms. The van der Waals surface area contributed by atoms with E-state index in [1.165, 1.54) is 61.0 Å². The normalized spacial score (nSPS) is 12.7. The third-order valence-electron chi connectivity index (χ3n) is 14.0. The average Bonchev–Trinajstić information content (AvgIpc) is 3.70. The monoisotopic (exact) mass is 853 g/mol. The molecule has 0 N–H and O–H groups in total. The van der Waals surface area contributed by atoms with Crippen molar-refractivity contribution in [2.75, 3.05) is 4.90 Å². The quantitative estimate of drug-likeness (QED) is 0.151. The largest absolute Gasteiger partial charge is 0.456 e. The van der Waals surface area contributed by atoms with E-state index in [4.69, 9.17) is 4.74 Å². The Balaban J connectivity index is 1.00. The first-order chi connectivity index (χ1) is 33.2. The Morgan fingerprint density at radius 3 is 1.52 bits per heavy atom. The second-order valence-electron chi connectivity index (χ2n) is 17.6. The third-order valence-corrected chi connectivity index (χ3v) is 14.0. The van der Waals surface area contributed by atoms with E-state index in [0.717, 1.165) is 56.2 Å². The number of fused-ring (bicyclic) bond motifs is 5. The maximum atomic E-state index is 6.58. The fourth-order valence-corrected chi connectivity index (χ4v) is 10.9. The molecule has 314 valence electrons. The topological polar surface area (TPSA) is 12.5 Å². The predicted octanol–water partition coefficient (Wildman–Crippen LogP) is 17.4. The van der Waals surface area contributed by atoms with Crippen molar-refractivity contribution in [3.05, 3.63) is 283 Å². The number of ether oxygens (including phenoxy) is 1. The van der Waals surface area contributed by atoms with E-state index in [-0.39, 0.29) is 0 Å². The second kappa shape index (κ2) is 15.8. The Hall–Kier alpha value is -8.72. The summed E-state index contributed by atoms with van der Waals surface area (Å²) in [7, 11) is 0. The van der Waals surface area contributed by atoms with Crippen LogP contribution in [0, 0.1) is 0 Å². The summed E-state index contributed by atoms with van der Waals surface area (Å²) in [5, 5.41) is 2.33. The van der Waals surface area contributed by atoms with E-state index >= 15 is 0 Å². The van der Waals surface area contributed by atoms with Crippen LogP contribution < -0.4 is 9.64 Å². The molecular weight excluding hydrogens is 811 g/mol. The van der Waals surface area contributed by atoms with Gasteiger partial charge in [0.1, 0.15) is 11.5 Å². The maximum absolute atomic E-state index is 6.58. The van der Waals surface area contributed by atoms with Crippen LogP contribution in [0.5, 0.6) is 11.5 Å². The van der Waals surface area contributed by atoms with Gasteiger partial charge in [-0.2, -0.15) is 0 Å². The molecule has 0 saturated heterocycles. The van der Waals surface area contributed by atoms with Crippen LogP contribution in [0.4, 0.5) is 17.1 Å². The molecule has 0 spiro atoms. The summed E-state index contributed by atoms with van der Waals surface area (Å²) < 4.78 is 6.58. The van der Waals surface area contributed by atoms with Gasteiger partial charge in [-0.25, -0.2) is 0 Å². The number of hydrogen-bond acceptors (Lipinski definition) is 2. The van der Waals surface area contributed by atoms with Crippen LogP contribution in [0.25, 0.3) is 66.4 Å². The molecule has 11 aromatic rings. The second-order valence-corrected chi connectivity index (χ2v) is 17.6. The SMILES string of the molecule is c1ccc(-c2ccc(-c3ccc(N(c4ccc5c(c4)C(c4ccccc4)(c4ccccc4)c4ccccc4-5)c4ccccc4-c4ccc5c(c4)-c4cccc6cccc(c46)O5)cc3)cc2)cc1. The standard InChI is InChI=1S/C65H43NO/c1-4-16-44(17-5-1)45-30-32-46(33-31-45)47-34-37-52(38-35-47)66(61-28-13-11-24-54(61)49-36-41-62-58(42-49)57-26-14-18-48-19-15-29-63(67-62)64(48)57)53-39-40-56-55-25-10-12-27-59(55)65(60(56)43-53,50-20-6-2-7-21-50)51-22-8-3-9-23-51/h1-43H. The molecule has 0 fully saturated rings. The molecule has 2 nitrogen and oxygen atoms in total. The molecule has 0 saturated carbocycles. The zero-order valence-electron chi connectivity index (χ0n) is 36.7. The summed E-state index contributed by atoms with van der Waals surface area (Å²) in [5.74, 6) is 1.77. The van der Waals surface area contributed by atoms with E-state index in [9.17, 15) is 0 Å². The summed E-state index contributed by atoms with van der Waals surface area (Å²) in [6, 6.07) is 95.1. The molecule has 0 atom stereocenters. The Morgan fingerprint density at radius 2 is 0.821 bits per heavy atom. The van der Waals surface area contributed by atoms with Crippen LogP contribution in [-0.4, -0.2) is 0 Å². The molecule has 2 aliphatic rings. The molecular formula is C65H43NO. The van der Waals surface area contributed by atoms with Gasteiger partial charge in [-0.1, -0.05) is 212 Å². The highest BCUT2D eigenvalue weighted by atomic mass is 16.5. The van der Waals surface area contributed by atoms with Crippen molar-refractivity contribution < 1.29 is 4.74 Å². The van der Waals surface area contributed by atoms with Crippen LogP contribution in [0.2, 0.25) is 0 Å². The summed E-state index contributed by atoms with van der Waals surface area (Å²) in [6.07, 6.45) is 0. The van der Waals surface area contributed by atoms with E-state index in [1.807, 2.05) is 0 Å². The Bertz CT molecular complexity index is 3590. The van der Waals surface area contributed by atoms with E-state index in [1.54, 1.807) is 0 Å². The number of nitrogens with zero attached hydrogens (tertiary/aromatic N) is 1. The lowest BCUT2D eigenvalue weighted by atomic mass is 9.67. The van der Waals surface area contributed by atoms with Gasteiger partial charge in [0.2, 0.25) is 0 Å². The Kier molecular flexibility index (Phi) is 9.11. The zero-order chi connectivity index (χ0) is 44.3.